The molecule has 3 nitrogen and oxygen atoms in total. The number of hydrogen-bond acceptors (Lipinski definition) is 2. The lowest BCUT2D eigenvalue weighted by Gasteiger charge is -2.30. The highest BCUT2D eigenvalue weighted by Crippen LogP contribution is 2.38. The molecule has 0 aliphatic rings. The lowest BCUT2D eigenvalue weighted by molar-refractivity contribution is -0.207. The highest BCUT2D eigenvalue weighted by atomic mass is 19.3. The maximum absolute atomic E-state index is 13.4. The maximum atomic E-state index is 13.4. The van der Waals surface area contributed by atoms with Crippen LogP contribution in [0, 0.1) is 13.8 Å². The van der Waals surface area contributed by atoms with Crippen LogP contribution < -0.4 is 0 Å². The second kappa shape index (κ2) is 4.07. The first-order valence-corrected chi connectivity index (χ1v) is 5.01. The third-order valence-electron chi connectivity index (χ3n) is 2.66. The topological polar surface area (TPSA) is 57.5 Å². The van der Waals surface area contributed by atoms with Gasteiger partial charge in [0.15, 0.2) is 5.60 Å². The quantitative estimate of drug-likeness (QED) is 0.857. The van der Waals surface area contributed by atoms with Gasteiger partial charge in [0.25, 0.3) is 0 Å². The molecule has 0 bridgehead atoms. The molecule has 0 saturated heterocycles. The van der Waals surface area contributed by atoms with E-state index in [1.165, 1.54) is 12.1 Å². The van der Waals surface area contributed by atoms with Crippen molar-refractivity contribution in [1.29, 1.82) is 0 Å². The van der Waals surface area contributed by atoms with E-state index >= 15 is 0 Å². The number of aryl methyl sites for hydroxylation is 2. The summed E-state index contributed by atoms with van der Waals surface area (Å²) in [6.45, 7) is 4.17. The van der Waals surface area contributed by atoms with Gasteiger partial charge in [-0.1, -0.05) is 29.3 Å². The number of carbonyl (C=O) groups is 1. The number of aliphatic hydroxyl groups is 1. The number of alkyl halides is 2. The average Bonchev–Trinajstić information content (AvgIpc) is 2.15. The zero-order valence-electron chi connectivity index (χ0n) is 9.79. The zero-order chi connectivity index (χ0) is 13.4. The Bertz CT molecular complexity index is 433. The number of aliphatic carboxylic acids is 1. The monoisotopic (exact) mass is 244 g/mol. The Labute approximate surface area is 97.7 Å². The molecule has 0 radical (unpaired) electrons. The van der Waals surface area contributed by atoms with Crippen LogP contribution in [0.15, 0.2) is 18.2 Å². The Balaban J connectivity index is 3.35. The molecule has 1 aromatic rings. The molecule has 0 aliphatic heterocycles. The van der Waals surface area contributed by atoms with Crippen LogP contribution in [0.4, 0.5) is 8.78 Å². The smallest absolute Gasteiger partial charge is 0.378 e. The largest absolute Gasteiger partial charge is 0.477 e. The Morgan fingerprint density at radius 2 is 1.59 bits per heavy atom. The lowest BCUT2D eigenvalue weighted by atomic mass is 9.87. The van der Waals surface area contributed by atoms with Gasteiger partial charge in [-0.15, -0.1) is 0 Å². The van der Waals surface area contributed by atoms with Crippen LogP contribution in [0.3, 0.4) is 0 Å². The van der Waals surface area contributed by atoms with Crippen LogP contribution in [0.25, 0.3) is 0 Å². The van der Waals surface area contributed by atoms with Crippen molar-refractivity contribution in [3.8, 4) is 0 Å². The highest BCUT2D eigenvalue weighted by Gasteiger charge is 2.57. The van der Waals surface area contributed by atoms with Crippen molar-refractivity contribution in [3.63, 3.8) is 0 Å². The fraction of sp³-hybridized carbons (Fsp3) is 0.417. The van der Waals surface area contributed by atoms with E-state index in [2.05, 4.69) is 0 Å². The summed E-state index contributed by atoms with van der Waals surface area (Å²) in [7, 11) is 0. The predicted molar refractivity (Wildman–Crippen MR) is 58.1 cm³/mol. The van der Waals surface area contributed by atoms with Gasteiger partial charge in [0.2, 0.25) is 0 Å². The normalized spacial score (nSPS) is 15.4. The number of benzene rings is 1. The van der Waals surface area contributed by atoms with Crippen LogP contribution in [0.2, 0.25) is 0 Å². The van der Waals surface area contributed by atoms with Crippen molar-refractivity contribution in [2.75, 3.05) is 0 Å². The van der Waals surface area contributed by atoms with Crippen molar-refractivity contribution in [2.45, 2.75) is 32.3 Å². The van der Waals surface area contributed by atoms with Gasteiger partial charge in [0.1, 0.15) is 0 Å². The number of halogens is 2. The van der Waals surface area contributed by atoms with Gasteiger partial charge in [-0.25, -0.2) is 4.79 Å². The van der Waals surface area contributed by atoms with Crippen molar-refractivity contribution in [2.24, 2.45) is 0 Å². The molecule has 1 atom stereocenters. The highest BCUT2D eigenvalue weighted by molar-refractivity contribution is 5.77. The average molecular weight is 244 g/mol. The molecule has 0 aromatic heterocycles. The molecule has 0 saturated carbocycles. The summed E-state index contributed by atoms with van der Waals surface area (Å²) in [4.78, 5) is 10.5. The number of carboxylic acid groups (broad SMARTS) is 1. The Hall–Kier alpha value is -1.49. The second-order valence-corrected chi connectivity index (χ2v) is 4.33. The molecular weight excluding hydrogens is 230 g/mol. The van der Waals surface area contributed by atoms with Crippen LogP contribution in [-0.4, -0.2) is 22.1 Å². The van der Waals surface area contributed by atoms with Crippen molar-refractivity contribution < 1.29 is 23.8 Å². The van der Waals surface area contributed by atoms with Gasteiger partial charge < -0.3 is 10.2 Å². The molecule has 0 heterocycles. The van der Waals surface area contributed by atoms with E-state index < -0.39 is 17.5 Å². The predicted octanol–water partition coefficient (Wildman–Crippen LogP) is 2.23. The molecule has 17 heavy (non-hydrogen) atoms. The second-order valence-electron chi connectivity index (χ2n) is 4.33. The minimum Gasteiger partial charge on any atom is -0.477 e. The van der Waals surface area contributed by atoms with Crippen molar-refractivity contribution >= 4 is 5.97 Å². The van der Waals surface area contributed by atoms with E-state index in [9.17, 15) is 18.7 Å². The summed E-state index contributed by atoms with van der Waals surface area (Å²) in [6.07, 6.45) is 0. The van der Waals surface area contributed by atoms with E-state index in [1.807, 2.05) is 0 Å². The van der Waals surface area contributed by atoms with Crippen LogP contribution in [-0.2, 0) is 10.4 Å². The molecule has 1 rings (SSSR count). The molecule has 94 valence electrons. The van der Waals surface area contributed by atoms with E-state index in [-0.39, 0.29) is 5.56 Å². The summed E-state index contributed by atoms with van der Waals surface area (Å²) in [5.74, 6) is -6.59. The van der Waals surface area contributed by atoms with Crippen molar-refractivity contribution in [1.82, 2.24) is 0 Å². The zero-order valence-corrected chi connectivity index (χ0v) is 9.79. The van der Waals surface area contributed by atoms with E-state index in [4.69, 9.17) is 5.11 Å². The number of carboxylic acids is 1. The Morgan fingerprint density at radius 3 is 1.94 bits per heavy atom. The van der Waals surface area contributed by atoms with Gasteiger partial charge in [0.05, 0.1) is 0 Å². The summed E-state index contributed by atoms with van der Waals surface area (Å²) in [6, 6.07) is 4.45. The first kappa shape index (κ1) is 13.6. The van der Waals surface area contributed by atoms with Gasteiger partial charge >= 0.3 is 11.9 Å². The van der Waals surface area contributed by atoms with Gasteiger partial charge in [-0.3, -0.25) is 0 Å². The lowest BCUT2D eigenvalue weighted by Crippen LogP contribution is -2.48. The minimum absolute atomic E-state index is 0.109. The molecule has 0 fully saturated rings. The van der Waals surface area contributed by atoms with E-state index in [0.29, 0.717) is 11.1 Å². The summed E-state index contributed by atoms with van der Waals surface area (Å²) < 4.78 is 26.8. The van der Waals surface area contributed by atoms with Crippen LogP contribution in [0.5, 0.6) is 0 Å². The first-order chi connectivity index (χ1) is 7.59. The SMILES string of the molecule is Cc1cc(C)cc(C(C)(O)C(F)(F)C(=O)O)c1. The van der Waals surface area contributed by atoms with E-state index in [1.54, 1.807) is 19.9 Å². The van der Waals surface area contributed by atoms with Crippen LogP contribution >= 0.6 is 0 Å². The first-order valence-electron chi connectivity index (χ1n) is 5.01. The van der Waals surface area contributed by atoms with E-state index in [0.717, 1.165) is 6.92 Å². The van der Waals surface area contributed by atoms with Gasteiger partial charge in [0, 0.05) is 0 Å². The Kier molecular flexibility index (Phi) is 3.25. The minimum atomic E-state index is -4.24. The number of rotatable bonds is 3. The maximum Gasteiger partial charge on any atom is 0.378 e. The molecule has 1 aromatic carbocycles. The third kappa shape index (κ3) is 2.29. The van der Waals surface area contributed by atoms with Crippen LogP contribution in [0.1, 0.15) is 23.6 Å². The fourth-order valence-corrected chi connectivity index (χ4v) is 1.65. The molecule has 1 unspecified atom stereocenters. The summed E-state index contributed by atoms with van der Waals surface area (Å²) in [5.41, 5.74) is -1.49. The summed E-state index contributed by atoms with van der Waals surface area (Å²) in [5, 5.41) is 18.3. The molecule has 0 aliphatic carbocycles. The Morgan fingerprint density at radius 1 is 1.18 bits per heavy atom. The standard InChI is InChI=1S/C12H14F2O3/c1-7-4-8(2)6-9(5-7)11(3,17)12(13,14)10(15)16/h4-6,17H,1-3H3,(H,15,16). The summed E-state index contributed by atoms with van der Waals surface area (Å²) >= 11 is 0. The number of hydrogen-bond donors (Lipinski definition) is 2. The molecule has 0 amide bonds. The molecular formula is C12H14F2O3. The molecule has 2 N–H and O–H groups in total. The fourth-order valence-electron chi connectivity index (χ4n) is 1.65. The van der Waals surface area contributed by atoms with Crippen molar-refractivity contribution in [3.05, 3.63) is 34.9 Å². The molecule has 0 spiro atoms. The van der Waals surface area contributed by atoms with Gasteiger partial charge in [-0.2, -0.15) is 8.78 Å². The van der Waals surface area contributed by atoms with Gasteiger partial charge in [-0.05, 0) is 26.3 Å². The third-order valence-corrected chi connectivity index (χ3v) is 2.66. The molecule has 5 heteroatoms.